The standard InChI is InChI=1S/C15H28O2/c1-5-6-10-13(16)15(17-4)14-11(2)8-7-9-12(14)3/h11-12,14-15H,5-10H2,1-4H3. The SMILES string of the molecule is CCCCC(=O)C(OC)C1C(C)CCCC1C. The number of hydrogen-bond acceptors (Lipinski definition) is 2. The Bertz CT molecular complexity index is 227. The molecule has 0 aromatic rings. The minimum atomic E-state index is -0.160. The van der Waals surface area contributed by atoms with Gasteiger partial charge in [0.05, 0.1) is 0 Å². The van der Waals surface area contributed by atoms with Gasteiger partial charge in [0.1, 0.15) is 6.10 Å². The summed E-state index contributed by atoms with van der Waals surface area (Å²) in [7, 11) is 1.70. The third kappa shape index (κ3) is 3.80. The number of unbranched alkanes of at least 4 members (excludes halogenated alkanes) is 1. The van der Waals surface area contributed by atoms with E-state index in [9.17, 15) is 4.79 Å². The molecular weight excluding hydrogens is 212 g/mol. The van der Waals surface area contributed by atoms with E-state index in [1.807, 2.05) is 0 Å². The molecule has 0 aromatic heterocycles. The summed E-state index contributed by atoms with van der Waals surface area (Å²) in [5.74, 6) is 1.99. The highest BCUT2D eigenvalue weighted by Crippen LogP contribution is 2.38. The molecule has 0 bridgehead atoms. The Morgan fingerprint density at radius 3 is 2.35 bits per heavy atom. The third-order valence-corrected chi connectivity index (χ3v) is 4.33. The third-order valence-electron chi connectivity index (χ3n) is 4.33. The van der Waals surface area contributed by atoms with Crippen LogP contribution >= 0.6 is 0 Å². The predicted molar refractivity (Wildman–Crippen MR) is 71.0 cm³/mol. The predicted octanol–water partition coefficient (Wildman–Crippen LogP) is 3.83. The van der Waals surface area contributed by atoms with Crippen molar-refractivity contribution in [1.82, 2.24) is 0 Å². The van der Waals surface area contributed by atoms with E-state index in [1.54, 1.807) is 7.11 Å². The lowest BCUT2D eigenvalue weighted by atomic mass is 9.70. The number of ether oxygens (including phenoxy) is 1. The van der Waals surface area contributed by atoms with Crippen molar-refractivity contribution in [1.29, 1.82) is 0 Å². The van der Waals surface area contributed by atoms with Crippen LogP contribution in [0.3, 0.4) is 0 Å². The summed E-state index contributed by atoms with van der Waals surface area (Å²) in [5.41, 5.74) is 0. The van der Waals surface area contributed by atoms with E-state index < -0.39 is 0 Å². The second-order valence-corrected chi connectivity index (χ2v) is 5.69. The Morgan fingerprint density at radius 2 is 1.88 bits per heavy atom. The molecule has 0 spiro atoms. The molecule has 1 rings (SSSR count). The lowest BCUT2D eigenvalue weighted by molar-refractivity contribution is -0.136. The normalized spacial score (nSPS) is 31.2. The lowest BCUT2D eigenvalue weighted by Crippen LogP contribution is -2.41. The zero-order chi connectivity index (χ0) is 12.8. The van der Waals surface area contributed by atoms with Gasteiger partial charge in [0, 0.05) is 13.5 Å². The van der Waals surface area contributed by atoms with Crippen LogP contribution in [0.4, 0.5) is 0 Å². The Morgan fingerprint density at radius 1 is 1.29 bits per heavy atom. The van der Waals surface area contributed by atoms with E-state index in [0.717, 1.165) is 12.8 Å². The Balaban J connectivity index is 2.66. The monoisotopic (exact) mass is 240 g/mol. The van der Waals surface area contributed by atoms with Crippen molar-refractivity contribution in [3.8, 4) is 0 Å². The molecule has 3 unspecified atom stereocenters. The molecule has 2 heteroatoms. The van der Waals surface area contributed by atoms with Crippen LogP contribution in [0.1, 0.15) is 59.3 Å². The minimum absolute atomic E-state index is 0.160. The fraction of sp³-hybridized carbons (Fsp3) is 0.933. The summed E-state index contributed by atoms with van der Waals surface area (Å²) in [6.45, 7) is 6.68. The maximum atomic E-state index is 12.2. The van der Waals surface area contributed by atoms with Gasteiger partial charge in [-0.3, -0.25) is 4.79 Å². The van der Waals surface area contributed by atoms with Gasteiger partial charge >= 0.3 is 0 Å². The molecule has 0 saturated heterocycles. The van der Waals surface area contributed by atoms with Gasteiger partial charge in [0.15, 0.2) is 5.78 Å². The Labute approximate surface area is 106 Å². The van der Waals surface area contributed by atoms with Gasteiger partial charge in [0.2, 0.25) is 0 Å². The molecule has 0 N–H and O–H groups in total. The molecule has 0 aliphatic heterocycles. The summed E-state index contributed by atoms with van der Waals surface area (Å²) in [4.78, 5) is 12.2. The molecule has 0 amide bonds. The van der Waals surface area contributed by atoms with Crippen molar-refractivity contribution in [3.05, 3.63) is 0 Å². The number of rotatable bonds is 6. The first-order chi connectivity index (χ1) is 8.11. The zero-order valence-electron chi connectivity index (χ0n) is 11.9. The van der Waals surface area contributed by atoms with Gasteiger partial charge in [-0.25, -0.2) is 0 Å². The van der Waals surface area contributed by atoms with Crippen molar-refractivity contribution in [3.63, 3.8) is 0 Å². The summed E-state index contributed by atoms with van der Waals surface area (Å²) in [6.07, 6.45) is 6.40. The number of carbonyl (C=O) groups is 1. The highest BCUT2D eigenvalue weighted by molar-refractivity contribution is 5.83. The van der Waals surface area contributed by atoms with E-state index >= 15 is 0 Å². The van der Waals surface area contributed by atoms with Crippen molar-refractivity contribution in [2.45, 2.75) is 65.4 Å². The lowest BCUT2D eigenvalue weighted by Gasteiger charge is -2.38. The number of hydrogen-bond donors (Lipinski definition) is 0. The van der Waals surface area contributed by atoms with Crippen LogP contribution in [0, 0.1) is 17.8 Å². The van der Waals surface area contributed by atoms with Crippen LogP contribution in [0.5, 0.6) is 0 Å². The second kappa shape index (κ2) is 7.15. The molecule has 1 aliphatic carbocycles. The highest BCUT2D eigenvalue weighted by atomic mass is 16.5. The molecule has 17 heavy (non-hydrogen) atoms. The van der Waals surface area contributed by atoms with Gasteiger partial charge in [0.25, 0.3) is 0 Å². The second-order valence-electron chi connectivity index (χ2n) is 5.69. The van der Waals surface area contributed by atoms with E-state index in [0.29, 0.717) is 30.0 Å². The van der Waals surface area contributed by atoms with Gasteiger partial charge < -0.3 is 4.74 Å². The van der Waals surface area contributed by atoms with Gasteiger partial charge in [-0.1, -0.05) is 46.5 Å². The number of carbonyl (C=O) groups excluding carboxylic acids is 1. The topological polar surface area (TPSA) is 26.3 Å². The van der Waals surface area contributed by atoms with Crippen LogP contribution in [0.2, 0.25) is 0 Å². The molecule has 2 nitrogen and oxygen atoms in total. The molecule has 0 radical (unpaired) electrons. The largest absolute Gasteiger partial charge is 0.373 e. The molecule has 1 aliphatic rings. The van der Waals surface area contributed by atoms with E-state index in [1.165, 1.54) is 19.3 Å². The van der Waals surface area contributed by atoms with Crippen LogP contribution < -0.4 is 0 Å². The first kappa shape index (κ1) is 14.7. The van der Waals surface area contributed by atoms with Crippen molar-refractivity contribution < 1.29 is 9.53 Å². The average molecular weight is 240 g/mol. The molecule has 100 valence electrons. The van der Waals surface area contributed by atoms with Gasteiger partial charge in [-0.2, -0.15) is 0 Å². The number of Topliss-reactive ketones (excluding diaryl/α,β-unsaturated/α-hetero) is 1. The quantitative estimate of drug-likeness (QED) is 0.705. The Hall–Kier alpha value is -0.370. The number of methoxy groups -OCH3 is 1. The zero-order valence-corrected chi connectivity index (χ0v) is 11.9. The Kier molecular flexibility index (Phi) is 6.18. The fourth-order valence-electron chi connectivity index (χ4n) is 3.30. The van der Waals surface area contributed by atoms with Crippen molar-refractivity contribution in [2.75, 3.05) is 7.11 Å². The van der Waals surface area contributed by atoms with E-state index in [4.69, 9.17) is 4.74 Å². The molecular formula is C15H28O2. The van der Waals surface area contributed by atoms with Gasteiger partial charge in [-0.15, -0.1) is 0 Å². The first-order valence-corrected chi connectivity index (χ1v) is 7.17. The van der Waals surface area contributed by atoms with Gasteiger partial charge in [-0.05, 0) is 24.2 Å². The smallest absolute Gasteiger partial charge is 0.161 e. The fourth-order valence-corrected chi connectivity index (χ4v) is 3.30. The van der Waals surface area contributed by atoms with E-state index in [2.05, 4.69) is 20.8 Å². The van der Waals surface area contributed by atoms with E-state index in [-0.39, 0.29) is 6.10 Å². The van der Waals surface area contributed by atoms with Crippen LogP contribution in [-0.4, -0.2) is 19.0 Å². The van der Waals surface area contributed by atoms with Crippen molar-refractivity contribution in [2.24, 2.45) is 17.8 Å². The van der Waals surface area contributed by atoms with Crippen molar-refractivity contribution >= 4 is 5.78 Å². The minimum Gasteiger partial charge on any atom is -0.373 e. The van der Waals surface area contributed by atoms with Crippen LogP contribution in [0.25, 0.3) is 0 Å². The maximum absolute atomic E-state index is 12.2. The maximum Gasteiger partial charge on any atom is 0.161 e. The molecule has 1 saturated carbocycles. The first-order valence-electron chi connectivity index (χ1n) is 7.17. The summed E-state index contributed by atoms with van der Waals surface area (Å²) in [6, 6.07) is 0. The van der Waals surface area contributed by atoms with Crippen LogP contribution in [-0.2, 0) is 9.53 Å². The van der Waals surface area contributed by atoms with Crippen LogP contribution in [0.15, 0.2) is 0 Å². The molecule has 1 fully saturated rings. The summed E-state index contributed by atoms with van der Waals surface area (Å²) in [5, 5.41) is 0. The average Bonchev–Trinajstić information content (AvgIpc) is 2.31. The molecule has 3 atom stereocenters. The summed E-state index contributed by atoms with van der Waals surface area (Å²) >= 11 is 0. The number of ketones is 1. The molecule has 0 aromatic carbocycles. The molecule has 0 heterocycles. The summed E-state index contributed by atoms with van der Waals surface area (Å²) < 4.78 is 5.54. The highest BCUT2D eigenvalue weighted by Gasteiger charge is 2.37.